The van der Waals surface area contributed by atoms with Crippen molar-refractivity contribution in [3.05, 3.63) is 0 Å². The molecule has 1 N–H and O–H groups in total. The van der Waals surface area contributed by atoms with Gasteiger partial charge in [-0.25, -0.2) is 0 Å². The summed E-state index contributed by atoms with van der Waals surface area (Å²) in [5.41, 5.74) is 0.651. The van der Waals surface area contributed by atoms with Crippen LogP contribution in [0, 0.1) is 5.41 Å². The molecular weight excluding hydrogens is 160 g/mol. The summed E-state index contributed by atoms with van der Waals surface area (Å²) in [4.78, 5) is 2.55. The van der Waals surface area contributed by atoms with E-state index in [1.807, 2.05) is 0 Å². The minimum Gasteiger partial charge on any atom is -0.317 e. The SMILES string of the molecule is CC1N(C)CCCC12CCNCC2. The Labute approximate surface area is 81.7 Å². The molecule has 2 heterocycles. The van der Waals surface area contributed by atoms with Crippen LogP contribution >= 0.6 is 0 Å². The first-order valence-corrected chi connectivity index (χ1v) is 5.66. The van der Waals surface area contributed by atoms with Crippen LogP contribution in [-0.2, 0) is 0 Å². The summed E-state index contributed by atoms with van der Waals surface area (Å²) in [6.45, 7) is 6.19. The molecule has 1 unspecified atom stereocenters. The van der Waals surface area contributed by atoms with Gasteiger partial charge in [0.2, 0.25) is 0 Å². The van der Waals surface area contributed by atoms with E-state index in [0.29, 0.717) is 5.41 Å². The number of rotatable bonds is 0. The second-order valence-electron chi connectivity index (χ2n) is 4.87. The summed E-state index contributed by atoms with van der Waals surface area (Å²) >= 11 is 0. The third kappa shape index (κ3) is 1.62. The van der Waals surface area contributed by atoms with E-state index in [9.17, 15) is 0 Å². The Morgan fingerprint density at radius 2 is 1.92 bits per heavy atom. The fourth-order valence-electron chi connectivity index (χ4n) is 3.14. The molecule has 1 spiro atoms. The summed E-state index contributed by atoms with van der Waals surface area (Å²) in [7, 11) is 2.29. The van der Waals surface area contributed by atoms with Gasteiger partial charge in [-0.2, -0.15) is 0 Å². The van der Waals surface area contributed by atoms with Gasteiger partial charge in [0.05, 0.1) is 0 Å². The van der Waals surface area contributed by atoms with E-state index < -0.39 is 0 Å². The van der Waals surface area contributed by atoms with Crippen molar-refractivity contribution in [3.8, 4) is 0 Å². The number of hydrogen-bond donors (Lipinski definition) is 1. The van der Waals surface area contributed by atoms with Crippen LogP contribution in [0.3, 0.4) is 0 Å². The zero-order chi connectivity index (χ0) is 9.31. The van der Waals surface area contributed by atoms with Crippen LogP contribution in [0.15, 0.2) is 0 Å². The predicted octanol–water partition coefficient (Wildman–Crippen LogP) is 1.47. The van der Waals surface area contributed by atoms with E-state index in [2.05, 4.69) is 24.2 Å². The Bertz CT molecular complexity index is 167. The maximum atomic E-state index is 3.47. The second kappa shape index (κ2) is 3.58. The normalized spacial score (nSPS) is 35.1. The first-order chi connectivity index (χ1) is 6.25. The lowest BCUT2D eigenvalue weighted by molar-refractivity contribution is 0.0160. The van der Waals surface area contributed by atoms with Gasteiger partial charge in [0.1, 0.15) is 0 Å². The van der Waals surface area contributed by atoms with Gasteiger partial charge in [-0.05, 0) is 64.7 Å². The van der Waals surface area contributed by atoms with E-state index in [4.69, 9.17) is 0 Å². The monoisotopic (exact) mass is 182 g/mol. The molecule has 0 bridgehead atoms. The predicted molar refractivity (Wildman–Crippen MR) is 55.9 cm³/mol. The number of hydrogen-bond acceptors (Lipinski definition) is 2. The molecule has 13 heavy (non-hydrogen) atoms. The minimum absolute atomic E-state index is 0.651. The molecule has 0 radical (unpaired) electrons. The van der Waals surface area contributed by atoms with Crippen molar-refractivity contribution >= 4 is 0 Å². The molecule has 2 heteroatoms. The molecule has 2 nitrogen and oxygen atoms in total. The van der Waals surface area contributed by atoms with E-state index in [0.717, 1.165) is 6.04 Å². The standard InChI is InChI=1S/C11H22N2/c1-10-11(4-3-9-13(10)2)5-7-12-8-6-11/h10,12H,3-9H2,1-2H3. The molecular formula is C11H22N2. The molecule has 2 saturated heterocycles. The summed E-state index contributed by atoms with van der Waals surface area (Å²) in [6, 6.07) is 0.795. The van der Waals surface area contributed by atoms with Gasteiger partial charge in [-0.3, -0.25) is 0 Å². The lowest BCUT2D eigenvalue weighted by Crippen LogP contribution is -2.53. The second-order valence-corrected chi connectivity index (χ2v) is 4.87. The van der Waals surface area contributed by atoms with Crippen LogP contribution in [0.4, 0.5) is 0 Å². The number of nitrogens with zero attached hydrogens (tertiary/aromatic N) is 1. The summed E-state index contributed by atoms with van der Waals surface area (Å²) < 4.78 is 0. The molecule has 2 aliphatic heterocycles. The molecule has 2 aliphatic rings. The van der Waals surface area contributed by atoms with E-state index in [-0.39, 0.29) is 0 Å². The highest BCUT2D eigenvalue weighted by Crippen LogP contribution is 2.42. The van der Waals surface area contributed by atoms with Crippen LogP contribution in [0.5, 0.6) is 0 Å². The average Bonchev–Trinajstić information content (AvgIpc) is 2.16. The largest absolute Gasteiger partial charge is 0.317 e. The Balaban J connectivity index is 2.09. The smallest absolute Gasteiger partial charge is 0.0121 e. The van der Waals surface area contributed by atoms with Crippen molar-refractivity contribution in [1.29, 1.82) is 0 Å². The van der Waals surface area contributed by atoms with Gasteiger partial charge >= 0.3 is 0 Å². The van der Waals surface area contributed by atoms with Gasteiger partial charge in [0, 0.05) is 6.04 Å². The number of nitrogens with one attached hydrogen (secondary N) is 1. The fraction of sp³-hybridized carbons (Fsp3) is 1.00. The van der Waals surface area contributed by atoms with Crippen LogP contribution in [0.1, 0.15) is 32.6 Å². The minimum atomic E-state index is 0.651. The Hall–Kier alpha value is -0.0800. The van der Waals surface area contributed by atoms with Gasteiger partial charge in [0.15, 0.2) is 0 Å². The molecule has 0 amide bonds. The molecule has 0 aromatic heterocycles. The van der Waals surface area contributed by atoms with Crippen LogP contribution in [-0.4, -0.2) is 37.6 Å². The first kappa shape index (κ1) is 9.47. The Morgan fingerprint density at radius 3 is 2.62 bits per heavy atom. The van der Waals surface area contributed by atoms with Crippen molar-refractivity contribution in [1.82, 2.24) is 10.2 Å². The molecule has 76 valence electrons. The molecule has 0 aliphatic carbocycles. The Morgan fingerprint density at radius 1 is 1.23 bits per heavy atom. The van der Waals surface area contributed by atoms with Gasteiger partial charge in [-0.15, -0.1) is 0 Å². The summed E-state index contributed by atoms with van der Waals surface area (Å²) in [6.07, 6.45) is 5.64. The zero-order valence-electron chi connectivity index (χ0n) is 8.97. The van der Waals surface area contributed by atoms with Crippen molar-refractivity contribution < 1.29 is 0 Å². The maximum Gasteiger partial charge on any atom is 0.0121 e. The highest BCUT2D eigenvalue weighted by Gasteiger charge is 2.41. The topological polar surface area (TPSA) is 15.3 Å². The zero-order valence-corrected chi connectivity index (χ0v) is 8.97. The summed E-state index contributed by atoms with van der Waals surface area (Å²) in [5.74, 6) is 0. The third-order valence-electron chi connectivity index (χ3n) is 4.33. The molecule has 1 atom stereocenters. The van der Waals surface area contributed by atoms with E-state index in [1.54, 1.807) is 0 Å². The highest BCUT2D eigenvalue weighted by atomic mass is 15.1. The maximum absolute atomic E-state index is 3.47. The van der Waals surface area contributed by atoms with Crippen LogP contribution < -0.4 is 5.32 Å². The number of piperidine rings is 2. The fourth-order valence-corrected chi connectivity index (χ4v) is 3.14. The van der Waals surface area contributed by atoms with Crippen molar-refractivity contribution in [2.75, 3.05) is 26.7 Å². The molecule has 0 aromatic rings. The highest BCUT2D eigenvalue weighted by molar-refractivity contribution is 4.95. The van der Waals surface area contributed by atoms with Gasteiger partial charge in [0.25, 0.3) is 0 Å². The lowest BCUT2D eigenvalue weighted by atomic mass is 9.68. The van der Waals surface area contributed by atoms with Gasteiger partial charge in [-0.1, -0.05) is 0 Å². The quantitative estimate of drug-likeness (QED) is 0.610. The summed E-state index contributed by atoms with van der Waals surface area (Å²) in [5, 5.41) is 3.47. The molecule has 0 aromatic carbocycles. The first-order valence-electron chi connectivity index (χ1n) is 5.66. The van der Waals surface area contributed by atoms with E-state index in [1.165, 1.54) is 45.3 Å². The molecule has 2 rings (SSSR count). The van der Waals surface area contributed by atoms with Crippen LogP contribution in [0.25, 0.3) is 0 Å². The van der Waals surface area contributed by atoms with Crippen LogP contribution in [0.2, 0.25) is 0 Å². The van der Waals surface area contributed by atoms with Crippen molar-refractivity contribution in [3.63, 3.8) is 0 Å². The molecule has 2 fully saturated rings. The average molecular weight is 182 g/mol. The van der Waals surface area contributed by atoms with E-state index >= 15 is 0 Å². The lowest BCUT2D eigenvalue weighted by Gasteiger charge is -2.50. The Kier molecular flexibility index (Phi) is 2.61. The molecule has 0 saturated carbocycles. The number of likely N-dealkylation sites (tertiary alicyclic amines) is 1. The van der Waals surface area contributed by atoms with Gasteiger partial charge < -0.3 is 10.2 Å². The third-order valence-corrected chi connectivity index (χ3v) is 4.33. The van der Waals surface area contributed by atoms with Crippen molar-refractivity contribution in [2.24, 2.45) is 5.41 Å². The van der Waals surface area contributed by atoms with Crippen molar-refractivity contribution in [2.45, 2.75) is 38.6 Å².